The van der Waals surface area contributed by atoms with Crippen LogP contribution in [0.4, 0.5) is 11.8 Å². The fraction of sp³-hybridized carbons (Fsp3) is 0.688. The van der Waals surface area contributed by atoms with Crippen LogP contribution in [-0.4, -0.2) is 76.7 Å². The summed E-state index contributed by atoms with van der Waals surface area (Å²) in [5, 5.41) is 13.7. The van der Waals surface area contributed by atoms with Gasteiger partial charge in [-0.25, -0.2) is 4.98 Å². The number of anilines is 2. The molecule has 3 atom stereocenters. The standard InChI is InChI=1S/C16H22B5N5O2/c1-12(2,3)26-11-23-5-8(9(22)27)10(24-11)25-15(20)7-16(21,28)13(4,17)6-14(15,18)19/h5,28H,6-7H2,1-4H3,(H2,22,27)(H2,23,24,25,26). The van der Waals surface area contributed by atoms with Gasteiger partial charge in [0.2, 0.25) is 5.95 Å². The van der Waals surface area contributed by atoms with Gasteiger partial charge in [0.15, 0.2) is 0 Å². The van der Waals surface area contributed by atoms with Crippen molar-refractivity contribution in [1.29, 1.82) is 0 Å². The van der Waals surface area contributed by atoms with Gasteiger partial charge in [0.25, 0.3) is 5.91 Å². The molecule has 1 aromatic heterocycles. The summed E-state index contributed by atoms with van der Waals surface area (Å²) in [7, 11) is 31.0. The van der Waals surface area contributed by atoms with Gasteiger partial charge in [0, 0.05) is 17.2 Å². The molecule has 0 aromatic carbocycles. The number of primary amides is 1. The monoisotopic (exact) mass is 371 g/mol. The molecule has 5 N–H and O–H groups in total. The smallest absolute Gasteiger partial charge is 0.254 e. The van der Waals surface area contributed by atoms with E-state index in [1.807, 2.05) is 20.8 Å². The quantitative estimate of drug-likeness (QED) is 0.532. The van der Waals surface area contributed by atoms with E-state index in [-0.39, 0.29) is 35.7 Å². The number of nitrogens with one attached hydrogen (secondary N) is 2. The van der Waals surface area contributed by atoms with E-state index in [2.05, 4.69) is 20.6 Å². The second-order valence-corrected chi connectivity index (χ2v) is 9.03. The summed E-state index contributed by atoms with van der Waals surface area (Å²) in [4.78, 5) is 20.2. The van der Waals surface area contributed by atoms with Crippen LogP contribution in [0.5, 0.6) is 0 Å². The summed E-state index contributed by atoms with van der Waals surface area (Å²) in [5.41, 5.74) is 1.51. The van der Waals surface area contributed by atoms with Gasteiger partial charge in [-0.1, -0.05) is 18.6 Å². The highest BCUT2D eigenvalue weighted by Gasteiger charge is 2.55. The number of carbonyl (C=O) groups excluding carboxylic acids is 1. The van der Waals surface area contributed by atoms with E-state index in [1.165, 1.54) is 13.1 Å². The van der Waals surface area contributed by atoms with Crippen molar-refractivity contribution in [1.82, 2.24) is 9.97 Å². The second-order valence-electron chi connectivity index (χ2n) is 9.03. The number of aromatic nitrogens is 2. The SMILES string of the molecule is [B]C1([B])CC([B])(C)C([B])(O)CC1([B])Nc1nc(NC(C)(C)C)ncc1C(N)=O. The van der Waals surface area contributed by atoms with Gasteiger partial charge in [-0.3, -0.25) is 4.79 Å². The Kier molecular flexibility index (Phi) is 5.48. The third-order valence-electron chi connectivity index (χ3n) is 4.91. The van der Waals surface area contributed by atoms with Crippen LogP contribution >= 0.6 is 0 Å². The van der Waals surface area contributed by atoms with Gasteiger partial charge in [-0.05, 0) is 37.9 Å². The third-order valence-corrected chi connectivity index (χ3v) is 4.91. The van der Waals surface area contributed by atoms with E-state index >= 15 is 0 Å². The molecule has 1 aromatic rings. The lowest BCUT2D eigenvalue weighted by Crippen LogP contribution is -2.64. The van der Waals surface area contributed by atoms with Gasteiger partial charge in [0.1, 0.15) is 21.5 Å². The topological polar surface area (TPSA) is 113 Å². The summed E-state index contributed by atoms with van der Waals surface area (Å²) >= 11 is 0. The number of amides is 1. The molecule has 28 heavy (non-hydrogen) atoms. The molecule has 1 amide bonds. The minimum absolute atomic E-state index is 0.00782. The van der Waals surface area contributed by atoms with Gasteiger partial charge in [-0.2, -0.15) is 4.98 Å². The molecule has 12 heteroatoms. The fourth-order valence-electron chi connectivity index (χ4n) is 3.13. The Bertz CT molecular complexity index is 781. The Hall–Kier alpha value is -1.57. The molecule has 1 saturated carbocycles. The summed E-state index contributed by atoms with van der Waals surface area (Å²) < 4.78 is 0. The van der Waals surface area contributed by atoms with Gasteiger partial charge in [-0.15, -0.1) is 0 Å². The second kappa shape index (κ2) is 6.75. The maximum atomic E-state index is 11.8. The molecule has 1 aliphatic rings. The van der Waals surface area contributed by atoms with Crippen molar-refractivity contribution in [2.24, 2.45) is 5.73 Å². The first-order valence-corrected chi connectivity index (χ1v) is 8.79. The van der Waals surface area contributed by atoms with Crippen molar-refractivity contribution < 1.29 is 9.90 Å². The molecule has 1 aliphatic carbocycles. The number of hydrogen-bond donors (Lipinski definition) is 4. The Morgan fingerprint density at radius 3 is 2.29 bits per heavy atom. The first-order chi connectivity index (χ1) is 12.4. The Morgan fingerprint density at radius 1 is 1.21 bits per heavy atom. The number of aliphatic hydroxyl groups is 1. The van der Waals surface area contributed by atoms with Gasteiger partial charge < -0.3 is 21.5 Å². The van der Waals surface area contributed by atoms with Crippen LogP contribution in [-0.2, 0) is 0 Å². The summed E-state index contributed by atoms with van der Waals surface area (Å²) in [6, 6.07) is 0. The Morgan fingerprint density at radius 2 is 1.79 bits per heavy atom. The van der Waals surface area contributed by atoms with Crippen LogP contribution in [0.15, 0.2) is 6.20 Å². The zero-order valence-electron chi connectivity index (χ0n) is 16.7. The highest BCUT2D eigenvalue weighted by molar-refractivity contribution is 6.47. The number of rotatable bonds is 4. The molecular weight excluding hydrogens is 348 g/mol. The van der Waals surface area contributed by atoms with E-state index < -0.39 is 27.4 Å². The minimum Gasteiger partial charge on any atom is -0.400 e. The van der Waals surface area contributed by atoms with Gasteiger partial charge in [0.05, 0.1) is 29.1 Å². The molecule has 138 valence electrons. The molecule has 7 nitrogen and oxygen atoms in total. The number of hydrogen-bond acceptors (Lipinski definition) is 6. The van der Waals surface area contributed by atoms with Crippen LogP contribution < -0.4 is 16.4 Å². The van der Waals surface area contributed by atoms with Crippen molar-refractivity contribution in [2.75, 3.05) is 10.6 Å². The Balaban J connectivity index is 2.49. The number of carbonyl (C=O) groups is 1. The first-order valence-electron chi connectivity index (χ1n) is 8.79. The molecule has 1 heterocycles. The van der Waals surface area contributed by atoms with Crippen molar-refractivity contribution in [3.05, 3.63) is 11.8 Å². The molecule has 0 spiro atoms. The van der Waals surface area contributed by atoms with E-state index in [1.54, 1.807) is 0 Å². The third kappa shape index (κ3) is 4.37. The summed E-state index contributed by atoms with van der Waals surface area (Å²) in [6.07, 6.45) is 0.832. The number of nitrogens with zero attached hydrogens (tertiary/aromatic N) is 2. The normalized spacial score (nSPS) is 32.5. The highest BCUT2D eigenvalue weighted by Crippen LogP contribution is 2.58. The van der Waals surface area contributed by atoms with E-state index in [4.69, 9.17) is 45.0 Å². The first kappa shape index (κ1) is 22.7. The largest absolute Gasteiger partial charge is 0.400 e. The maximum Gasteiger partial charge on any atom is 0.254 e. The molecule has 0 bridgehead atoms. The van der Waals surface area contributed by atoms with Crippen LogP contribution in [0.2, 0.25) is 10.5 Å². The molecule has 0 saturated heterocycles. The molecule has 0 aliphatic heterocycles. The molecule has 1 fully saturated rings. The van der Waals surface area contributed by atoms with Crippen molar-refractivity contribution in [3.8, 4) is 0 Å². The zero-order valence-corrected chi connectivity index (χ0v) is 16.7. The average Bonchev–Trinajstić information content (AvgIpc) is 2.41. The zero-order chi connectivity index (χ0) is 21.8. The molecular formula is C16H22B5N5O2. The van der Waals surface area contributed by atoms with Crippen LogP contribution in [0, 0.1) is 0 Å². The van der Waals surface area contributed by atoms with Crippen LogP contribution in [0.3, 0.4) is 0 Å². The van der Waals surface area contributed by atoms with Crippen molar-refractivity contribution >= 4 is 56.9 Å². The molecule has 3 unspecified atom stereocenters. The summed E-state index contributed by atoms with van der Waals surface area (Å²) in [6.45, 7) is 7.28. The number of nitrogens with two attached hydrogens (primary N) is 1. The lowest BCUT2D eigenvalue weighted by atomic mass is 9.26. The fourth-order valence-corrected chi connectivity index (χ4v) is 3.13. The predicted octanol–water partition coefficient (Wildman–Crippen LogP) is -0.486. The Labute approximate surface area is 172 Å². The lowest BCUT2D eigenvalue weighted by molar-refractivity contribution is 0.0296. The van der Waals surface area contributed by atoms with Crippen molar-refractivity contribution in [3.63, 3.8) is 0 Å². The average molecular weight is 370 g/mol. The maximum absolute atomic E-state index is 11.8. The highest BCUT2D eigenvalue weighted by atomic mass is 16.3. The molecule has 10 radical (unpaired) electrons. The van der Waals surface area contributed by atoms with E-state index in [9.17, 15) is 9.90 Å². The van der Waals surface area contributed by atoms with E-state index in [0.717, 1.165) is 0 Å². The van der Waals surface area contributed by atoms with E-state index in [0.29, 0.717) is 0 Å². The minimum atomic E-state index is -1.89. The lowest BCUT2D eigenvalue weighted by Gasteiger charge is -2.62. The van der Waals surface area contributed by atoms with Gasteiger partial charge >= 0.3 is 0 Å². The van der Waals surface area contributed by atoms with Crippen molar-refractivity contribution in [2.45, 2.75) is 67.5 Å². The van der Waals surface area contributed by atoms with Crippen LogP contribution in [0.1, 0.15) is 50.9 Å². The summed E-state index contributed by atoms with van der Waals surface area (Å²) in [5.74, 6) is -0.547. The molecule has 2 rings (SSSR count). The van der Waals surface area contributed by atoms with Crippen LogP contribution in [0.25, 0.3) is 0 Å². The predicted molar refractivity (Wildman–Crippen MR) is 114 cm³/mol.